The molecule has 0 saturated heterocycles. The van der Waals surface area contributed by atoms with Crippen molar-refractivity contribution in [1.29, 1.82) is 0 Å². The van der Waals surface area contributed by atoms with E-state index < -0.39 is 23.6 Å². The number of amides is 1. The van der Waals surface area contributed by atoms with Crippen molar-refractivity contribution in [2.75, 3.05) is 5.32 Å². The number of aromatic amines is 1. The largest absolute Gasteiger partial charge is 0.366 e. The summed E-state index contributed by atoms with van der Waals surface area (Å²) in [6.07, 6.45) is 2.86. The van der Waals surface area contributed by atoms with Crippen molar-refractivity contribution in [1.82, 2.24) is 19.9 Å². The van der Waals surface area contributed by atoms with Crippen molar-refractivity contribution in [2.24, 2.45) is 5.73 Å². The lowest BCUT2D eigenvalue weighted by Crippen LogP contribution is -2.18. The number of hydrogen-bond acceptors (Lipinski definition) is 5. The minimum atomic E-state index is -0.779. The Morgan fingerprint density at radius 3 is 2.55 bits per heavy atom. The SMILES string of the molecule is Cc1c(Cl)cc(C(C)Nc2ncnc3[nH]cnc23)c(-c2cc(F)cc(F)c2)c1C(N)=O. The molecule has 2 aromatic heterocycles. The van der Waals surface area contributed by atoms with Gasteiger partial charge < -0.3 is 16.0 Å². The van der Waals surface area contributed by atoms with E-state index in [4.69, 9.17) is 17.3 Å². The third-order valence-corrected chi connectivity index (χ3v) is 5.38. The molecule has 0 spiro atoms. The molecule has 4 rings (SSSR count). The van der Waals surface area contributed by atoms with Crippen LogP contribution in [0.4, 0.5) is 14.6 Å². The molecule has 1 atom stereocenters. The Bertz CT molecular complexity index is 1300. The van der Waals surface area contributed by atoms with E-state index in [1.54, 1.807) is 19.9 Å². The lowest BCUT2D eigenvalue weighted by Gasteiger charge is -2.23. The normalized spacial score (nSPS) is 12.2. The number of fused-ring (bicyclic) bond motifs is 1. The molecule has 0 aliphatic heterocycles. The van der Waals surface area contributed by atoms with Crippen LogP contribution < -0.4 is 11.1 Å². The Labute approximate surface area is 180 Å². The molecule has 31 heavy (non-hydrogen) atoms. The summed E-state index contributed by atoms with van der Waals surface area (Å²) in [5, 5.41) is 3.50. The second-order valence-electron chi connectivity index (χ2n) is 7.03. The van der Waals surface area contributed by atoms with Crippen molar-refractivity contribution in [2.45, 2.75) is 19.9 Å². The van der Waals surface area contributed by atoms with Crippen LogP contribution in [0.3, 0.4) is 0 Å². The Hall–Kier alpha value is -3.59. The molecule has 0 bridgehead atoms. The Balaban J connectivity index is 1.92. The number of carbonyl (C=O) groups is 1. The number of nitrogens with one attached hydrogen (secondary N) is 2. The molecular weight excluding hydrogens is 426 g/mol. The maximum atomic E-state index is 14.0. The van der Waals surface area contributed by atoms with Gasteiger partial charge >= 0.3 is 0 Å². The number of benzene rings is 2. The van der Waals surface area contributed by atoms with Crippen LogP contribution in [0.2, 0.25) is 5.02 Å². The Morgan fingerprint density at radius 2 is 1.87 bits per heavy atom. The maximum Gasteiger partial charge on any atom is 0.249 e. The average Bonchev–Trinajstić information content (AvgIpc) is 3.18. The number of nitrogens with two attached hydrogens (primary N) is 1. The second-order valence-corrected chi connectivity index (χ2v) is 7.44. The first kappa shape index (κ1) is 20.7. The summed E-state index contributed by atoms with van der Waals surface area (Å²) in [6.45, 7) is 3.42. The molecule has 1 amide bonds. The van der Waals surface area contributed by atoms with E-state index in [9.17, 15) is 13.6 Å². The number of H-pyrrole nitrogens is 1. The van der Waals surface area contributed by atoms with Crippen molar-refractivity contribution < 1.29 is 13.6 Å². The topological polar surface area (TPSA) is 110 Å². The van der Waals surface area contributed by atoms with E-state index in [0.717, 1.165) is 18.2 Å². The van der Waals surface area contributed by atoms with Crippen molar-refractivity contribution in [3.8, 4) is 11.1 Å². The van der Waals surface area contributed by atoms with Gasteiger partial charge in [0, 0.05) is 16.7 Å². The molecule has 4 N–H and O–H groups in total. The van der Waals surface area contributed by atoms with E-state index in [1.807, 2.05) is 0 Å². The third-order valence-electron chi connectivity index (χ3n) is 4.99. The predicted octanol–water partition coefficient (Wildman–Crippen LogP) is 4.53. The summed E-state index contributed by atoms with van der Waals surface area (Å²) in [6, 6.07) is 4.19. The van der Waals surface area contributed by atoms with Crippen molar-refractivity contribution >= 4 is 34.5 Å². The first-order chi connectivity index (χ1) is 14.8. The summed E-state index contributed by atoms with van der Waals surface area (Å²) in [5.74, 6) is -1.88. The number of nitrogens with zero attached hydrogens (tertiary/aromatic N) is 3. The van der Waals surface area contributed by atoms with E-state index >= 15 is 0 Å². The summed E-state index contributed by atoms with van der Waals surface area (Å²) in [5.41, 5.74) is 8.17. The molecule has 0 aliphatic rings. The standard InChI is InChI=1S/C21H17ClF2N6O/c1-9-15(22)6-14(10(2)30-21-18-20(27-7-26-18)28-8-29-21)17(16(9)19(25)31)11-3-12(23)5-13(24)4-11/h3-8,10H,1-2H3,(H2,25,31)(H2,26,27,28,29,30). The first-order valence-electron chi connectivity index (χ1n) is 9.26. The summed E-state index contributed by atoms with van der Waals surface area (Å²) >= 11 is 6.38. The monoisotopic (exact) mass is 442 g/mol. The molecule has 1 unspecified atom stereocenters. The minimum absolute atomic E-state index is 0.0914. The van der Waals surface area contributed by atoms with Crippen LogP contribution >= 0.6 is 11.6 Å². The van der Waals surface area contributed by atoms with Crippen LogP contribution in [-0.2, 0) is 0 Å². The van der Waals surface area contributed by atoms with Gasteiger partial charge in [-0.25, -0.2) is 23.7 Å². The highest BCUT2D eigenvalue weighted by Crippen LogP contribution is 2.38. The zero-order valence-electron chi connectivity index (χ0n) is 16.5. The van der Waals surface area contributed by atoms with Crippen LogP contribution in [0.1, 0.15) is 34.5 Å². The summed E-state index contributed by atoms with van der Waals surface area (Å²) in [7, 11) is 0. The van der Waals surface area contributed by atoms with Gasteiger partial charge in [0.05, 0.1) is 17.9 Å². The maximum absolute atomic E-state index is 14.0. The number of aromatic nitrogens is 4. The molecule has 10 heteroatoms. The predicted molar refractivity (Wildman–Crippen MR) is 114 cm³/mol. The molecule has 0 radical (unpaired) electrons. The van der Waals surface area contributed by atoms with Gasteiger partial charge in [0.15, 0.2) is 11.5 Å². The number of primary amides is 1. The van der Waals surface area contributed by atoms with Gasteiger partial charge in [-0.2, -0.15) is 0 Å². The Morgan fingerprint density at radius 1 is 1.16 bits per heavy atom. The molecule has 7 nitrogen and oxygen atoms in total. The lowest BCUT2D eigenvalue weighted by atomic mass is 9.88. The number of rotatable bonds is 5. The van der Waals surface area contributed by atoms with Gasteiger partial charge in [-0.1, -0.05) is 11.6 Å². The highest BCUT2D eigenvalue weighted by Gasteiger charge is 2.24. The zero-order valence-corrected chi connectivity index (χ0v) is 17.3. The van der Waals surface area contributed by atoms with Crippen LogP contribution in [0.15, 0.2) is 36.9 Å². The molecule has 0 saturated carbocycles. The molecule has 0 aliphatic carbocycles. The fourth-order valence-corrected chi connectivity index (χ4v) is 3.79. The average molecular weight is 443 g/mol. The van der Waals surface area contributed by atoms with E-state index in [0.29, 0.717) is 38.7 Å². The quantitative estimate of drug-likeness (QED) is 0.420. The molecule has 158 valence electrons. The minimum Gasteiger partial charge on any atom is -0.366 e. The Kier molecular flexibility index (Phi) is 5.28. The van der Waals surface area contributed by atoms with Gasteiger partial charge in [0.2, 0.25) is 5.91 Å². The third kappa shape index (κ3) is 3.79. The van der Waals surface area contributed by atoms with Gasteiger partial charge in [-0.05, 0) is 48.7 Å². The van der Waals surface area contributed by atoms with Crippen molar-refractivity contribution in [3.63, 3.8) is 0 Å². The fraction of sp³-hybridized carbons (Fsp3) is 0.143. The highest BCUT2D eigenvalue weighted by atomic mass is 35.5. The van der Waals surface area contributed by atoms with Gasteiger partial charge in [-0.3, -0.25) is 4.79 Å². The molecule has 0 fully saturated rings. The van der Waals surface area contributed by atoms with E-state index in [1.165, 1.54) is 12.7 Å². The van der Waals surface area contributed by atoms with E-state index in [-0.39, 0.29) is 11.1 Å². The van der Waals surface area contributed by atoms with Crippen LogP contribution in [-0.4, -0.2) is 25.8 Å². The first-order valence-corrected chi connectivity index (χ1v) is 9.64. The fourth-order valence-electron chi connectivity index (χ4n) is 3.58. The van der Waals surface area contributed by atoms with Gasteiger partial charge in [0.25, 0.3) is 0 Å². The van der Waals surface area contributed by atoms with Crippen molar-refractivity contribution in [3.05, 3.63) is 70.3 Å². The van der Waals surface area contributed by atoms with Crippen LogP contribution in [0.25, 0.3) is 22.3 Å². The van der Waals surface area contributed by atoms with Gasteiger partial charge in [0.1, 0.15) is 23.5 Å². The summed E-state index contributed by atoms with van der Waals surface area (Å²) in [4.78, 5) is 27.7. The lowest BCUT2D eigenvalue weighted by molar-refractivity contribution is 0.1000. The molecule has 4 aromatic rings. The van der Waals surface area contributed by atoms with E-state index in [2.05, 4.69) is 25.3 Å². The number of halogens is 3. The smallest absolute Gasteiger partial charge is 0.249 e. The van der Waals surface area contributed by atoms with Gasteiger partial charge in [-0.15, -0.1) is 0 Å². The summed E-state index contributed by atoms with van der Waals surface area (Å²) < 4.78 is 28.0. The van der Waals surface area contributed by atoms with Crippen LogP contribution in [0, 0.1) is 18.6 Å². The molecular formula is C21H17ClF2N6O. The highest BCUT2D eigenvalue weighted by molar-refractivity contribution is 6.32. The molecule has 2 aromatic carbocycles. The second kappa shape index (κ2) is 7.92. The number of hydrogen-bond donors (Lipinski definition) is 3. The zero-order chi connectivity index (χ0) is 22.3. The van der Waals surface area contributed by atoms with Crippen LogP contribution in [0.5, 0.6) is 0 Å². The number of imidazole rings is 1. The molecule has 2 heterocycles. The number of anilines is 1. The number of carbonyl (C=O) groups excluding carboxylic acids is 1.